The molecule has 190 valence electrons. The smallest absolute Gasteiger partial charge is 0.450 e. The second-order valence-electron chi connectivity index (χ2n) is 9.20. The molecule has 0 aliphatic carbocycles. The van der Waals surface area contributed by atoms with Crippen LogP contribution >= 0.6 is 0 Å². The summed E-state index contributed by atoms with van der Waals surface area (Å²) in [6.45, 7) is 2.26. The summed E-state index contributed by atoms with van der Waals surface area (Å²) in [6, 6.07) is 8.67. The van der Waals surface area contributed by atoms with Gasteiger partial charge in [0.2, 0.25) is 0 Å². The van der Waals surface area contributed by atoms with Gasteiger partial charge in [-0.05, 0) is 12.0 Å². The predicted octanol–water partition coefficient (Wildman–Crippen LogP) is 8.10. The lowest BCUT2D eigenvalue weighted by molar-refractivity contribution is 0.0599. The monoisotopic (exact) mass is 482 g/mol. The van der Waals surface area contributed by atoms with E-state index in [-0.39, 0.29) is 11.5 Å². The number of carbonyl (C=O) groups is 1. The molecule has 0 heterocycles. The van der Waals surface area contributed by atoms with Crippen molar-refractivity contribution in [1.29, 1.82) is 0 Å². The summed E-state index contributed by atoms with van der Waals surface area (Å²) in [5, 5.41) is 8.95. The SMILES string of the molecule is CCCCCCCCCCCCCCCCCCS(=O)(=O)CC(OC(=O)O)c1ccccc1. The molecule has 6 heteroatoms. The first-order chi connectivity index (χ1) is 15.9. The molecule has 0 radical (unpaired) electrons. The van der Waals surface area contributed by atoms with Crippen molar-refractivity contribution in [3.63, 3.8) is 0 Å². The lowest BCUT2D eigenvalue weighted by Crippen LogP contribution is -2.21. The fourth-order valence-corrected chi connectivity index (χ4v) is 5.70. The molecule has 0 spiro atoms. The maximum atomic E-state index is 12.5. The first-order valence-electron chi connectivity index (χ1n) is 13.1. The Balaban J connectivity index is 2.05. The maximum absolute atomic E-state index is 12.5. The third kappa shape index (κ3) is 16.7. The van der Waals surface area contributed by atoms with Crippen LogP contribution in [-0.2, 0) is 14.6 Å². The van der Waals surface area contributed by atoms with Crippen molar-refractivity contribution in [3.8, 4) is 0 Å². The Labute approximate surface area is 202 Å². The molecule has 0 bridgehead atoms. The fraction of sp³-hybridized carbons (Fsp3) is 0.741. The van der Waals surface area contributed by atoms with Crippen LogP contribution in [-0.4, -0.2) is 31.2 Å². The van der Waals surface area contributed by atoms with E-state index in [0.29, 0.717) is 12.0 Å². The van der Waals surface area contributed by atoms with Gasteiger partial charge in [-0.3, -0.25) is 0 Å². The first-order valence-corrected chi connectivity index (χ1v) is 14.9. The molecule has 0 fully saturated rings. The van der Waals surface area contributed by atoms with Gasteiger partial charge in [0, 0.05) is 0 Å². The van der Waals surface area contributed by atoms with E-state index in [9.17, 15) is 13.2 Å². The molecule has 0 saturated carbocycles. The summed E-state index contributed by atoms with van der Waals surface area (Å²) in [4.78, 5) is 11.0. The van der Waals surface area contributed by atoms with Crippen LogP contribution < -0.4 is 0 Å². The third-order valence-electron chi connectivity index (χ3n) is 6.13. The van der Waals surface area contributed by atoms with E-state index < -0.39 is 22.1 Å². The number of rotatable bonds is 21. The molecule has 1 unspecified atom stereocenters. The van der Waals surface area contributed by atoms with Crippen LogP contribution in [0.4, 0.5) is 4.79 Å². The lowest BCUT2D eigenvalue weighted by Gasteiger charge is -2.16. The topological polar surface area (TPSA) is 80.7 Å². The van der Waals surface area contributed by atoms with Crippen molar-refractivity contribution < 1.29 is 23.1 Å². The van der Waals surface area contributed by atoms with Gasteiger partial charge in [0.05, 0.1) is 11.5 Å². The number of unbranched alkanes of at least 4 members (excludes halogenated alkanes) is 15. The van der Waals surface area contributed by atoms with Gasteiger partial charge < -0.3 is 9.84 Å². The Morgan fingerprint density at radius 3 is 1.61 bits per heavy atom. The molecule has 33 heavy (non-hydrogen) atoms. The molecule has 1 atom stereocenters. The Morgan fingerprint density at radius 2 is 1.18 bits per heavy atom. The summed E-state index contributed by atoms with van der Waals surface area (Å²) in [5.41, 5.74) is 0.565. The highest BCUT2D eigenvalue weighted by molar-refractivity contribution is 7.91. The Kier molecular flexibility index (Phi) is 16.8. The van der Waals surface area contributed by atoms with Crippen LogP contribution in [0.1, 0.15) is 121 Å². The summed E-state index contributed by atoms with van der Waals surface area (Å²) in [7, 11) is -3.38. The zero-order chi connectivity index (χ0) is 24.2. The second-order valence-corrected chi connectivity index (χ2v) is 11.4. The highest BCUT2D eigenvalue weighted by atomic mass is 32.2. The van der Waals surface area contributed by atoms with E-state index in [1.165, 1.54) is 77.0 Å². The molecule has 1 aromatic rings. The number of hydrogen-bond donors (Lipinski definition) is 1. The second kappa shape index (κ2) is 18.8. The highest BCUT2D eigenvalue weighted by Crippen LogP contribution is 2.21. The predicted molar refractivity (Wildman–Crippen MR) is 136 cm³/mol. The van der Waals surface area contributed by atoms with Gasteiger partial charge in [0.15, 0.2) is 9.84 Å². The molecular weight excluding hydrogens is 436 g/mol. The molecule has 0 amide bonds. The van der Waals surface area contributed by atoms with Crippen LogP contribution in [0.15, 0.2) is 30.3 Å². The molecule has 1 aromatic carbocycles. The van der Waals surface area contributed by atoms with Crippen LogP contribution in [0.25, 0.3) is 0 Å². The zero-order valence-electron chi connectivity index (χ0n) is 20.7. The number of carboxylic acid groups (broad SMARTS) is 1. The highest BCUT2D eigenvalue weighted by Gasteiger charge is 2.24. The average Bonchev–Trinajstić information content (AvgIpc) is 2.78. The Bertz CT molecular complexity index is 702. The van der Waals surface area contributed by atoms with Gasteiger partial charge in [0.25, 0.3) is 0 Å². The minimum Gasteiger partial charge on any atom is -0.450 e. The molecular formula is C27H46O5S. The van der Waals surface area contributed by atoms with Crippen molar-refractivity contribution in [2.24, 2.45) is 0 Å². The summed E-state index contributed by atoms with van der Waals surface area (Å²) in [5.74, 6) is -0.222. The largest absolute Gasteiger partial charge is 0.506 e. The quantitative estimate of drug-likeness (QED) is 0.141. The van der Waals surface area contributed by atoms with Crippen molar-refractivity contribution in [2.45, 2.75) is 116 Å². The summed E-state index contributed by atoms with van der Waals surface area (Å²) in [6.07, 6.45) is 17.5. The number of hydrogen-bond acceptors (Lipinski definition) is 4. The summed E-state index contributed by atoms with van der Waals surface area (Å²) >= 11 is 0. The number of benzene rings is 1. The van der Waals surface area contributed by atoms with Gasteiger partial charge in [-0.1, -0.05) is 134 Å². The lowest BCUT2D eigenvalue weighted by atomic mass is 10.0. The molecule has 0 aliphatic rings. The first kappa shape index (κ1) is 29.5. The van der Waals surface area contributed by atoms with E-state index in [1.807, 2.05) is 0 Å². The Hall–Kier alpha value is -1.56. The molecule has 0 aliphatic heterocycles. The zero-order valence-corrected chi connectivity index (χ0v) is 21.5. The Morgan fingerprint density at radius 1 is 0.758 bits per heavy atom. The van der Waals surface area contributed by atoms with Gasteiger partial charge in [-0.25, -0.2) is 13.2 Å². The number of sulfone groups is 1. The van der Waals surface area contributed by atoms with Crippen LogP contribution in [0.3, 0.4) is 0 Å². The van der Waals surface area contributed by atoms with Crippen molar-refractivity contribution in [3.05, 3.63) is 35.9 Å². The van der Waals surface area contributed by atoms with E-state index in [4.69, 9.17) is 9.84 Å². The van der Waals surface area contributed by atoms with E-state index in [1.54, 1.807) is 30.3 Å². The average molecular weight is 483 g/mol. The minimum absolute atomic E-state index is 0.0811. The normalized spacial score (nSPS) is 12.5. The van der Waals surface area contributed by atoms with Crippen LogP contribution in [0.2, 0.25) is 0 Å². The van der Waals surface area contributed by atoms with Crippen LogP contribution in [0.5, 0.6) is 0 Å². The molecule has 1 N–H and O–H groups in total. The molecule has 0 saturated heterocycles. The molecule has 1 rings (SSSR count). The summed E-state index contributed by atoms with van der Waals surface area (Å²) < 4.78 is 29.8. The van der Waals surface area contributed by atoms with Gasteiger partial charge in [0.1, 0.15) is 6.10 Å². The fourth-order valence-electron chi connectivity index (χ4n) is 4.17. The van der Waals surface area contributed by atoms with Gasteiger partial charge >= 0.3 is 6.16 Å². The van der Waals surface area contributed by atoms with Crippen LogP contribution in [0, 0.1) is 0 Å². The van der Waals surface area contributed by atoms with Gasteiger partial charge in [-0.15, -0.1) is 0 Å². The molecule has 0 aromatic heterocycles. The molecule has 5 nitrogen and oxygen atoms in total. The van der Waals surface area contributed by atoms with Crippen molar-refractivity contribution in [2.75, 3.05) is 11.5 Å². The van der Waals surface area contributed by atoms with E-state index in [2.05, 4.69) is 6.92 Å². The van der Waals surface area contributed by atoms with Crippen molar-refractivity contribution in [1.82, 2.24) is 0 Å². The standard InChI is InChI=1S/C27H46O5S/c1-2-3-4-5-6-7-8-9-10-11-12-13-14-15-16-20-23-33(30,31)24-26(32-27(28)29)25-21-18-17-19-22-25/h17-19,21-22,26H,2-16,20,23-24H2,1H3,(H,28,29). The minimum atomic E-state index is -3.38. The third-order valence-corrected chi connectivity index (χ3v) is 7.85. The van der Waals surface area contributed by atoms with E-state index >= 15 is 0 Å². The number of ether oxygens (including phenoxy) is 1. The van der Waals surface area contributed by atoms with Gasteiger partial charge in [-0.2, -0.15) is 0 Å². The van der Waals surface area contributed by atoms with E-state index in [0.717, 1.165) is 19.3 Å². The maximum Gasteiger partial charge on any atom is 0.506 e. The van der Waals surface area contributed by atoms with Crippen molar-refractivity contribution >= 4 is 16.0 Å².